The zero-order valence-electron chi connectivity index (χ0n) is 9.42. The predicted molar refractivity (Wildman–Crippen MR) is 59.1 cm³/mol. The van der Waals surface area contributed by atoms with Crippen molar-refractivity contribution >= 4 is 5.97 Å². The summed E-state index contributed by atoms with van der Waals surface area (Å²) in [6.07, 6.45) is 7.55. The number of carbonyl (C=O) groups is 1. The van der Waals surface area contributed by atoms with Crippen molar-refractivity contribution in [3.63, 3.8) is 0 Å². The minimum Gasteiger partial charge on any atom is -0.465 e. The second-order valence-electron chi connectivity index (χ2n) is 3.81. The fourth-order valence-electron chi connectivity index (χ4n) is 1.08. The van der Waals surface area contributed by atoms with Gasteiger partial charge in [0, 0.05) is 0 Å². The second kappa shape index (κ2) is 8.79. The van der Waals surface area contributed by atoms with Crippen molar-refractivity contribution in [3.05, 3.63) is 12.7 Å². The maximum absolute atomic E-state index is 11.0. The Kier molecular flexibility index (Phi) is 8.30. The fraction of sp³-hybridized carbons (Fsp3) is 0.750. The Morgan fingerprint density at radius 3 is 2.50 bits per heavy atom. The lowest BCUT2D eigenvalue weighted by Gasteiger charge is -2.06. The Bertz CT molecular complexity index is 162. The molecular formula is C12H22O2. The van der Waals surface area contributed by atoms with E-state index in [2.05, 4.69) is 6.58 Å². The van der Waals surface area contributed by atoms with Gasteiger partial charge in [0.2, 0.25) is 0 Å². The quantitative estimate of drug-likeness (QED) is 0.340. The highest BCUT2D eigenvalue weighted by atomic mass is 16.5. The zero-order valence-corrected chi connectivity index (χ0v) is 9.42. The third-order valence-electron chi connectivity index (χ3n) is 2.02. The van der Waals surface area contributed by atoms with Crippen LogP contribution in [-0.4, -0.2) is 12.6 Å². The van der Waals surface area contributed by atoms with Crippen molar-refractivity contribution in [2.75, 3.05) is 6.61 Å². The summed E-state index contributed by atoms with van der Waals surface area (Å²) in [6.45, 7) is 7.95. The molecule has 0 aliphatic heterocycles. The number of hydrogen-bond donors (Lipinski definition) is 0. The van der Waals surface area contributed by atoms with Crippen LogP contribution >= 0.6 is 0 Å². The van der Waals surface area contributed by atoms with Crippen molar-refractivity contribution in [2.45, 2.75) is 46.0 Å². The van der Waals surface area contributed by atoms with Crippen LogP contribution in [-0.2, 0) is 9.53 Å². The number of unbranched alkanes of at least 4 members (excludes halogenated alkanes) is 4. The molecule has 0 bridgehead atoms. The van der Waals surface area contributed by atoms with Gasteiger partial charge in [-0.2, -0.15) is 0 Å². The van der Waals surface area contributed by atoms with Gasteiger partial charge in [-0.15, -0.1) is 6.58 Å². The lowest BCUT2D eigenvalue weighted by Crippen LogP contribution is -2.12. The van der Waals surface area contributed by atoms with Crippen LogP contribution in [0.3, 0.4) is 0 Å². The Labute approximate surface area is 87.3 Å². The van der Waals surface area contributed by atoms with Crippen molar-refractivity contribution in [2.24, 2.45) is 5.92 Å². The lowest BCUT2D eigenvalue weighted by molar-refractivity contribution is -0.147. The molecule has 0 saturated carbocycles. The summed E-state index contributed by atoms with van der Waals surface area (Å²) >= 11 is 0. The van der Waals surface area contributed by atoms with E-state index in [0.717, 1.165) is 19.3 Å². The number of ether oxygens (including phenoxy) is 1. The zero-order chi connectivity index (χ0) is 10.8. The molecule has 82 valence electrons. The third-order valence-corrected chi connectivity index (χ3v) is 2.02. The summed E-state index contributed by atoms with van der Waals surface area (Å²) in [6, 6.07) is 0. The Hall–Kier alpha value is -0.790. The molecule has 14 heavy (non-hydrogen) atoms. The average Bonchev–Trinajstić information content (AvgIpc) is 2.16. The van der Waals surface area contributed by atoms with E-state index in [9.17, 15) is 4.79 Å². The van der Waals surface area contributed by atoms with E-state index in [1.54, 1.807) is 0 Å². The first-order valence-electron chi connectivity index (χ1n) is 5.46. The van der Waals surface area contributed by atoms with Crippen molar-refractivity contribution in [1.82, 2.24) is 0 Å². The first kappa shape index (κ1) is 13.2. The Morgan fingerprint density at radius 2 is 1.93 bits per heavy atom. The summed E-state index contributed by atoms with van der Waals surface area (Å²) in [7, 11) is 0. The summed E-state index contributed by atoms with van der Waals surface area (Å²) in [5.41, 5.74) is 0. The van der Waals surface area contributed by atoms with Crippen LogP contribution < -0.4 is 0 Å². The molecular weight excluding hydrogens is 176 g/mol. The van der Waals surface area contributed by atoms with Gasteiger partial charge in [0.15, 0.2) is 0 Å². The van der Waals surface area contributed by atoms with Gasteiger partial charge in [0.1, 0.15) is 0 Å². The van der Waals surface area contributed by atoms with Crippen LogP contribution in [0, 0.1) is 5.92 Å². The van der Waals surface area contributed by atoms with Gasteiger partial charge in [-0.1, -0.05) is 32.8 Å². The lowest BCUT2D eigenvalue weighted by atomic mass is 10.1. The molecule has 0 heterocycles. The smallest absolute Gasteiger partial charge is 0.308 e. The molecule has 0 unspecified atom stereocenters. The maximum atomic E-state index is 11.0. The number of rotatable bonds is 8. The SMILES string of the molecule is C=CCCCCCCOC(=O)C(C)C. The van der Waals surface area contributed by atoms with Crippen LogP contribution in [0.2, 0.25) is 0 Å². The predicted octanol–water partition coefficient (Wildman–Crippen LogP) is 3.32. The molecule has 0 rings (SSSR count). The topological polar surface area (TPSA) is 26.3 Å². The third kappa shape index (κ3) is 7.84. The van der Waals surface area contributed by atoms with E-state index >= 15 is 0 Å². The minimum atomic E-state index is -0.0870. The molecule has 0 aliphatic rings. The monoisotopic (exact) mass is 198 g/mol. The Morgan fingerprint density at radius 1 is 1.29 bits per heavy atom. The van der Waals surface area contributed by atoms with E-state index in [1.807, 2.05) is 19.9 Å². The molecule has 0 aliphatic carbocycles. The summed E-state index contributed by atoms with van der Waals surface area (Å²) < 4.78 is 5.05. The summed E-state index contributed by atoms with van der Waals surface area (Å²) in [5.74, 6) is -0.0909. The molecule has 0 aromatic heterocycles. The highest BCUT2D eigenvalue weighted by Crippen LogP contribution is 2.04. The molecule has 2 heteroatoms. The standard InChI is InChI=1S/C12H22O2/c1-4-5-6-7-8-9-10-14-12(13)11(2)3/h4,11H,1,5-10H2,2-3H3. The van der Waals surface area contributed by atoms with Crippen LogP contribution in [0.4, 0.5) is 0 Å². The first-order chi connectivity index (χ1) is 6.68. The molecule has 0 atom stereocenters. The van der Waals surface area contributed by atoms with E-state index in [4.69, 9.17) is 4.74 Å². The van der Waals surface area contributed by atoms with Crippen LogP contribution in [0.1, 0.15) is 46.0 Å². The molecule has 0 fully saturated rings. The van der Waals surface area contributed by atoms with Crippen LogP contribution in [0.15, 0.2) is 12.7 Å². The van der Waals surface area contributed by atoms with Gasteiger partial charge >= 0.3 is 5.97 Å². The van der Waals surface area contributed by atoms with Gasteiger partial charge in [0.25, 0.3) is 0 Å². The number of hydrogen-bond acceptors (Lipinski definition) is 2. The van der Waals surface area contributed by atoms with E-state index < -0.39 is 0 Å². The first-order valence-corrected chi connectivity index (χ1v) is 5.46. The Balaban J connectivity index is 3.13. The average molecular weight is 198 g/mol. The molecule has 0 aromatic carbocycles. The fourth-order valence-corrected chi connectivity index (χ4v) is 1.08. The summed E-state index contributed by atoms with van der Waals surface area (Å²) in [5, 5.41) is 0. The highest BCUT2D eigenvalue weighted by molar-refractivity contribution is 5.71. The van der Waals surface area contributed by atoms with Gasteiger partial charge in [-0.25, -0.2) is 0 Å². The normalized spacial score (nSPS) is 10.2. The van der Waals surface area contributed by atoms with Gasteiger partial charge in [-0.05, 0) is 19.3 Å². The molecule has 0 aromatic rings. The molecule has 0 radical (unpaired) electrons. The summed E-state index contributed by atoms with van der Waals surface area (Å²) in [4.78, 5) is 11.0. The molecule has 0 spiro atoms. The largest absolute Gasteiger partial charge is 0.465 e. The second-order valence-corrected chi connectivity index (χ2v) is 3.81. The van der Waals surface area contributed by atoms with E-state index in [-0.39, 0.29) is 11.9 Å². The molecule has 0 saturated heterocycles. The maximum Gasteiger partial charge on any atom is 0.308 e. The van der Waals surface area contributed by atoms with Gasteiger partial charge in [0.05, 0.1) is 12.5 Å². The van der Waals surface area contributed by atoms with Crippen LogP contribution in [0.5, 0.6) is 0 Å². The van der Waals surface area contributed by atoms with Crippen molar-refractivity contribution in [1.29, 1.82) is 0 Å². The molecule has 2 nitrogen and oxygen atoms in total. The van der Waals surface area contributed by atoms with Crippen molar-refractivity contribution < 1.29 is 9.53 Å². The van der Waals surface area contributed by atoms with Crippen molar-refractivity contribution in [3.8, 4) is 0 Å². The van der Waals surface area contributed by atoms with Gasteiger partial charge < -0.3 is 4.74 Å². The molecule has 0 amide bonds. The van der Waals surface area contributed by atoms with Crippen LogP contribution in [0.25, 0.3) is 0 Å². The highest BCUT2D eigenvalue weighted by Gasteiger charge is 2.06. The number of carbonyl (C=O) groups excluding carboxylic acids is 1. The molecule has 0 N–H and O–H groups in total. The number of esters is 1. The number of allylic oxidation sites excluding steroid dienone is 1. The van der Waals surface area contributed by atoms with Gasteiger partial charge in [-0.3, -0.25) is 4.79 Å². The van der Waals surface area contributed by atoms with E-state index in [0.29, 0.717) is 6.61 Å². The minimum absolute atomic E-state index is 0.00392. The van der Waals surface area contributed by atoms with E-state index in [1.165, 1.54) is 12.8 Å².